The van der Waals surface area contributed by atoms with Crippen LogP contribution in [0.3, 0.4) is 0 Å². The first-order valence-electron chi connectivity index (χ1n) is 6.01. The molecule has 0 saturated carbocycles. The second-order valence-corrected chi connectivity index (χ2v) is 5.41. The van der Waals surface area contributed by atoms with Gasteiger partial charge in [0.1, 0.15) is 0 Å². The summed E-state index contributed by atoms with van der Waals surface area (Å²) in [6.07, 6.45) is 3.19. The Labute approximate surface area is 117 Å². The Kier molecular flexibility index (Phi) is 5.08. The molecule has 95 valence electrons. The fraction of sp³-hybridized carbons (Fsp3) is 0.385. The Hall–Kier alpha value is -1.00. The Morgan fingerprint density at radius 3 is 2.67 bits per heavy atom. The monoisotopic (exact) mass is 280 g/mol. The van der Waals surface area contributed by atoms with Crippen LogP contribution in [-0.2, 0) is 5.75 Å². The van der Waals surface area contributed by atoms with Gasteiger partial charge in [0, 0.05) is 17.2 Å². The van der Waals surface area contributed by atoms with Gasteiger partial charge in [-0.25, -0.2) is 5.32 Å². The van der Waals surface area contributed by atoms with Crippen LogP contribution in [0.25, 0.3) is 0 Å². The van der Waals surface area contributed by atoms with Gasteiger partial charge in [-0.1, -0.05) is 48.8 Å². The summed E-state index contributed by atoms with van der Waals surface area (Å²) in [5.74, 6) is 1.70. The van der Waals surface area contributed by atoms with Crippen molar-refractivity contribution in [1.82, 2.24) is 5.32 Å². The molecule has 0 spiro atoms. The van der Waals surface area contributed by atoms with Gasteiger partial charge in [-0.3, -0.25) is 0 Å². The van der Waals surface area contributed by atoms with Gasteiger partial charge in [-0.05, 0) is 24.1 Å². The van der Waals surface area contributed by atoms with Crippen molar-refractivity contribution in [2.45, 2.75) is 31.9 Å². The number of hydrogen-bond acceptors (Lipinski definition) is 3. The molecular weight excluding hydrogens is 266 g/mol. The first kappa shape index (κ1) is 13.4. The highest BCUT2D eigenvalue weighted by Crippen LogP contribution is 2.18. The summed E-state index contributed by atoms with van der Waals surface area (Å²) >= 11 is 7.45. The molecule has 0 aromatic heterocycles. The lowest BCUT2D eigenvalue weighted by Crippen LogP contribution is -2.15. The Bertz CT molecular complexity index is 454. The summed E-state index contributed by atoms with van der Waals surface area (Å²) in [4.78, 5) is 0. The van der Waals surface area contributed by atoms with E-state index in [9.17, 15) is 0 Å². The molecule has 0 N–H and O–H groups in total. The van der Waals surface area contributed by atoms with Crippen molar-refractivity contribution in [3.8, 4) is 0 Å². The SMILES string of the molecule is CCCCC1=NN=C(SCc2ccc(Cl)cc2)[N]1. The van der Waals surface area contributed by atoms with Crippen LogP contribution in [0.1, 0.15) is 31.7 Å². The molecule has 0 bridgehead atoms. The van der Waals surface area contributed by atoms with Gasteiger partial charge >= 0.3 is 0 Å². The summed E-state index contributed by atoms with van der Waals surface area (Å²) in [6, 6.07) is 7.83. The molecule has 5 heteroatoms. The van der Waals surface area contributed by atoms with E-state index in [0.29, 0.717) is 0 Å². The van der Waals surface area contributed by atoms with Gasteiger partial charge in [0.15, 0.2) is 5.84 Å². The molecule has 0 amide bonds. The lowest BCUT2D eigenvalue weighted by Gasteiger charge is -2.02. The molecule has 1 aliphatic heterocycles. The van der Waals surface area contributed by atoms with Crippen molar-refractivity contribution in [3.05, 3.63) is 34.9 Å². The van der Waals surface area contributed by atoms with Gasteiger partial charge in [-0.2, -0.15) is 0 Å². The second kappa shape index (κ2) is 6.81. The molecule has 0 atom stereocenters. The summed E-state index contributed by atoms with van der Waals surface area (Å²) in [6.45, 7) is 2.16. The average Bonchev–Trinajstić information content (AvgIpc) is 2.84. The maximum atomic E-state index is 5.84. The highest BCUT2D eigenvalue weighted by atomic mass is 35.5. The Morgan fingerprint density at radius 2 is 1.94 bits per heavy atom. The minimum absolute atomic E-state index is 0.760. The van der Waals surface area contributed by atoms with Crippen LogP contribution in [0.4, 0.5) is 0 Å². The third-order valence-corrected chi connectivity index (χ3v) is 3.67. The molecular formula is C13H15ClN3S. The van der Waals surface area contributed by atoms with Gasteiger partial charge in [0.05, 0.1) is 0 Å². The first-order chi connectivity index (χ1) is 8.78. The van der Waals surface area contributed by atoms with Crippen molar-refractivity contribution in [2.75, 3.05) is 0 Å². The predicted molar refractivity (Wildman–Crippen MR) is 79.3 cm³/mol. The molecule has 0 saturated heterocycles. The molecule has 0 unspecified atom stereocenters. The molecule has 0 aliphatic carbocycles. The fourth-order valence-electron chi connectivity index (χ4n) is 1.49. The quantitative estimate of drug-likeness (QED) is 0.802. The minimum atomic E-state index is 0.760. The highest BCUT2D eigenvalue weighted by Gasteiger charge is 2.13. The van der Waals surface area contributed by atoms with Crippen LogP contribution in [0.2, 0.25) is 5.02 Å². The number of hydrogen-bond donors (Lipinski definition) is 0. The molecule has 0 fully saturated rings. The van der Waals surface area contributed by atoms with Crippen LogP contribution in [0.5, 0.6) is 0 Å². The van der Waals surface area contributed by atoms with Crippen LogP contribution < -0.4 is 5.32 Å². The van der Waals surface area contributed by atoms with Gasteiger partial charge < -0.3 is 0 Å². The number of benzene rings is 1. The van der Waals surface area contributed by atoms with Gasteiger partial charge in [0.25, 0.3) is 0 Å². The molecule has 1 heterocycles. The Balaban J connectivity index is 1.75. The first-order valence-corrected chi connectivity index (χ1v) is 7.38. The highest BCUT2D eigenvalue weighted by molar-refractivity contribution is 8.13. The number of amidine groups is 2. The molecule has 1 aromatic rings. The summed E-state index contributed by atoms with van der Waals surface area (Å²) in [7, 11) is 0. The number of unbranched alkanes of at least 4 members (excludes halogenated alkanes) is 1. The fourth-order valence-corrected chi connectivity index (χ4v) is 2.37. The maximum absolute atomic E-state index is 5.84. The van der Waals surface area contributed by atoms with Gasteiger partial charge in [-0.15, -0.1) is 10.2 Å². The minimum Gasteiger partial charge on any atom is -0.204 e. The van der Waals surface area contributed by atoms with Gasteiger partial charge in [0.2, 0.25) is 5.17 Å². The van der Waals surface area contributed by atoms with Crippen LogP contribution in [0, 0.1) is 0 Å². The van der Waals surface area contributed by atoms with Crippen LogP contribution >= 0.6 is 23.4 Å². The molecule has 18 heavy (non-hydrogen) atoms. The zero-order chi connectivity index (χ0) is 12.8. The lowest BCUT2D eigenvalue weighted by molar-refractivity contribution is 0.825. The van der Waals surface area contributed by atoms with Crippen molar-refractivity contribution in [1.29, 1.82) is 0 Å². The van der Waals surface area contributed by atoms with Crippen molar-refractivity contribution >= 4 is 34.4 Å². The average molecular weight is 281 g/mol. The number of rotatable bonds is 5. The van der Waals surface area contributed by atoms with E-state index in [2.05, 4.69) is 22.4 Å². The smallest absolute Gasteiger partial charge is 0.204 e. The van der Waals surface area contributed by atoms with Crippen molar-refractivity contribution in [3.63, 3.8) is 0 Å². The van der Waals surface area contributed by atoms with Crippen molar-refractivity contribution in [2.24, 2.45) is 10.2 Å². The predicted octanol–water partition coefficient (Wildman–Crippen LogP) is 4.05. The second-order valence-electron chi connectivity index (χ2n) is 4.03. The topological polar surface area (TPSA) is 38.8 Å². The van der Waals surface area contributed by atoms with E-state index in [1.165, 1.54) is 5.56 Å². The van der Waals surface area contributed by atoms with Crippen molar-refractivity contribution < 1.29 is 0 Å². The maximum Gasteiger partial charge on any atom is 0.211 e. The zero-order valence-corrected chi connectivity index (χ0v) is 11.8. The molecule has 2 rings (SSSR count). The molecule has 1 aromatic carbocycles. The summed E-state index contributed by atoms with van der Waals surface area (Å²) in [5, 5.41) is 14.1. The van der Waals surface area contributed by atoms with E-state index in [4.69, 9.17) is 11.6 Å². The number of thioether (sulfide) groups is 1. The van der Waals surface area contributed by atoms with E-state index < -0.39 is 0 Å². The standard InChI is InChI=1S/C13H15ClN3S/c1-2-3-4-12-15-13(17-16-12)18-9-10-5-7-11(14)8-6-10/h5-8H,2-4,9H2,1H3. The third-order valence-electron chi connectivity index (χ3n) is 2.51. The van der Waals surface area contributed by atoms with E-state index >= 15 is 0 Å². The molecule has 3 nitrogen and oxygen atoms in total. The van der Waals surface area contributed by atoms with Crippen LogP contribution in [0.15, 0.2) is 34.5 Å². The lowest BCUT2D eigenvalue weighted by atomic mass is 10.2. The summed E-state index contributed by atoms with van der Waals surface area (Å²) in [5.41, 5.74) is 1.21. The van der Waals surface area contributed by atoms with E-state index in [1.54, 1.807) is 11.8 Å². The number of halogens is 1. The normalized spacial score (nSPS) is 14.1. The van der Waals surface area contributed by atoms with Crippen LogP contribution in [-0.4, -0.2) is 11.0 Å². The third kappa shape index (κ3) is 4.03. The number of nitrogens with zero attached hydrogens (tertiary/aromatic N) is 3. The van der Waals surface area contributed by atoms with E-state index in [1.807, 2.05) is 24.3 Å². The Morgan fingerprint density at radius 1 is 1.17 bits per heavy atom. The largest absolute Gasteiger partial charge is 0.211 e. The van der Waals surface area contributed by atoms with E-state index in [0.717, 1.165) is 41.0 Å². The van der Waals surface area contributed by atoms with E-state index in [-0.39, 0.29) is 0 Å². The molecule has 1 radical (unpaired) electrons. The molecule has 1 aliphatic rings. The zero-order valence-electron chi connectivity index (χ0n) is 10.3. The summed E-state index contributed by atoms with van der Waals surface area (Å²) < 4.78 is 0.